The monoisotopic (exact) mass is 850 g/mol. The Morgan fingerprint density at radius 2 is 1.21 bits per heavy atom. The fraction of sp³-hybridized carbons (Fsp3) is 0.0455. The summed E-state index contributed by atoms with van der Waals surface area (Å²) in [6.07, 6.45) is 3.45. The number of aromatic hydroxyl groups is 6. The van der Waals surface area contributed by atoms with Crippen LogP contribution in [0.25, 0.3) is 55.0 Å². The lowest BCUT2D eigenvalue weighted by molar-refractivity contribution is 0.0965. The lowest BCUT2D eigenvalue weighted by Gasteiger charge is -1.94. The van der Waals surface area contributed by atoms with Crippen LogP contribution in [0.1, 0.15) is 21.8 Å². The van der Waals surface area contributed by atoms with E-state index in [9.17, 15) is 9.59 Å². The number of hydrogen-bond acceptors (Lipinski definition) is 13. The van der Waals surface area contributed by atoms with E-state index in [1.165, 1.54) is 18.2 Å². The van der Waals surface area contributed by atoms with E-state index in [-0.39, 0.29) is 40.2 Å². The first kappa shape index (κ1) is 41.9. The SMILES string of the molecule is Cc1nc2ccc(O)cc2o1.O=C1NCc2cc(O)ccc21.O=c1[nH][nH]c2cc(O)ccc12.Oc1ccc2[nH]ccc2c1.Oc1ccc2n[nH]nc2c1.Oc1ccc2nc[nH]c2c1. The number of nitrogens with zero attached hydrogens (tertiary/aromatic N) is 4. The molecule has 19 nitrogen and oxygen atoms in total. The van der Waals surface area contributed by atoms with Gasteiger partial charge in [-0.3, -0.25) is 19.8 Å². The van der Waals surface area contributed by atoms with Gasteiger partial charge < -0.3 is 50.3 Å². The standard InChI is InChI=1S/2C8H7NO2.C8H7NO.C7H6N2O2.C7H6N2O.C6H5N3O/c1-5-9-7-3-2-6(10)4-8(7)11-5;10-6-1-2-7-5(3-6)4-9-8(7)11;10-7-1-2-8-6(5-7)3-4-9-8;10-4-1-2-5-6(3-4)8-9-7(5)11;10-5-1-2-6-7(3-5)9-4-8-6;10-4-1-2-5-6(3-4)8-9-7-5/h2-4,10H,1H3;1-3,10H,4H2,(H,9,11);1-5,9-10H;1-3,10H,(H2,8,9,11);1-4,10H,(H,8,9);1-3,10H,(H,7,8,9). The number of aromatic nitrogens is 9. The molecule has 0 aliphatic carbocycles. The van der Waals surface area contributed by atoms with Crippen molar-refractivity contribution in [2.75, 3.05) is 0 Å². The molecule has 19 heteroatoms. The molecule has 0 bridgehead atoms. The van der Waals surface area contributed by atoms with E-state index in [1.807, 2.05) is 18.3 Å². The molecule has 1 aliphatic heterocycles. The number of benzene rings is 6. The highest BCUT2D eigenvalue weighted by atomic mass is 16.3. The molecule has 1 amide bonds. The van der Waals surface area contributed by atoms with Crippen molar-refractivity contribution in [3.63, 3.8) is 0 Å². The summed E-state index contributed by atoms with van der Waals surface area (Å²) >= 11 is 0. The van der Waals surface area contributed by atoms with Crippen LogP contribution in [0.5, 0.6) is 34.5 Å². The van der Waals surface area contributed by atoms with Crippen LogP contribution in [0, 0.1) is 6.92 Å². The number of amides is 1. The first-order valence-corrected chi connectivity index (χ1v) is 18.8. The third kappa shape index (κ3) is 10.7. The number of oxazole rings is 1. The second kappa shape index (κ2) is 18.8. The highest BCUT2D eigenvalue weighted by molar-refractivity contribution is 5.98. The number of H-pyrrole nitrogens is 5. The maximum absolute atomic E-state index is 11.0. The summed E-state index contributed by atoms with van der Waals surface area (Å²) in [5.74, 6) is 1.90. The summed E-state index contributed by atoms with van der Waals surface area (Å²) < 4.78 is 5.18. The second-order valence-electron chi connectivity index (χ2n) is 13.6. The average Bonchev–Trinajstić information content (AvgIpc) is 4.14. The van der Waals surface area contributed by atoms with Crippen LogP contribution < -0.4 is 10.9 Å². The quantitative estimate of drug-likeness (QED) is 0.0744. The summed E-state index contributed by atoms with van der Waals surface area (Å²) in [6.45, 7) is 2.31. The number of aromatic amines is 5. The second-order valence-corrected chi connectivity index (χ2v) is 13.6. The fourth-order valence-corrected chi connectivity index (χ4v) is 6.07. The molecule has 0 radical (unpaired) electrons. The van der Waals surface area contributed by atoms with Gasteiger partial charge in [0.05, 0.1) is 28.3 Å². The maximum Gasteiger partial charge on any atom is 0.271 e. The van der Waals surface area contributed by atoms with E-state index in [0.717, 1.165) is 38.5 Å². The fourth-order valence-electron chi connectivity index (χ4n) is 6.07. The number of imidazole rings is 1. The van der Waals surface area contributed by atoms with Gasteiger partial charge in [0.2, 0.25) is 0 Å². The molecule has 0 saturated heterocycles. The predicted molar refractivity (Wildman–Crippen MR) is 234 cm³/mol. The number of phenolic OH excluding ortho intramolecular Hbond substituents is 6. The van der Waals surface area contributed by atoms with Crippen LogP contribution in [-0.2, 0) is 6.54 Å². The van der Waals surface area contributed by atoms with Gasteiger partial charge >= 0.3 is 0 Å². The number of phenols is 6. The minimum Gasteiger partial charge on any atom is -0.508 e. The van der Waals surface area contributed by atoms with E-state index in [2.05, 4.69) is 50.9 Å². The molecule has 1 aliphatic rings. The lowest BCUT2D eigenvalue weighted by Crippen LogP contribution is -2.12. The number of rotatable bonds is 0. The zero-order chi connectivity index (χ0) is 44.5. The van der Waals surface area contributed by atoms with Crippen LogP contribution in [0.2, 0.25) is 0 Å². The number of hydrogen-bond donors (Lipinski definition) is 12. The van der Waals surface area contributed by atoms with Crippen molar-refractivity contribution in [3.05, 3.63) is 155 Å². The van der Waals surface area contributed by atoms with Crippen LogP contribution in [0.4, 0.5) is 0 Å². The molecular weight excluding hydrogens is 813 g/mol. The number of carbonyl (C=O) groups is 1. The average molecular weight is 851 g/mol. The zero-order valence-corrected chi connectivity index (χ0v) is 33.0. The molecule has 6 heterocycles. The molecule has 0 fully saturated rings. The van der Waals surface area contributed by atoms with Crippen molar-refractivity contribution < 1.29 is 39.9 Å². The van der Waals surface area contributed by atoms with Crippen LogP contribution >= 0.6 is 0 Å². The predicted octanol–water partition coefficient (Wildman–Crippen LogP) is 6.84. The van der Waals surface area contributed by atoms with Crippen LogP contribution in [0.15, 0.2) is 137 Å². The van der Waals surface area contributed by atoms with Crippen molar-refractivity contribution in [1.29, 1.82) is 0 Å². The smallest absolute Gasteiger partial charge is 0.271 e. The Hall–Kier alpha value is -9.26. The molecular formula is C44H38N10O9. The van der Waals surface area contributed by atoms with Gasteiger partial charge in [-0.2, -0.15) is 15.4 Å². The van der Waals surface area contributed by atoms with Crippen molar-refractivity contribution in [3.8, 4) is 34.5 Å². The first-order chi connectivity index (χ1) is 30.4. The van der Waals surface area contributed by atoms with Crippen LogP contribution in [-0.4, -0.2) is 82.1 Å². The molecule has 0 atom stereocenters. The minimum absolute atomic E-state index is 0.0556. The maximum atomic E-state index is 11.0. The Morgan fingerprint density at radius 3 is 2.02 bits per heavy atom. The third-order valence-corrected chi connectivity index (χ3v) is 9.05. The van der Waals surface area contributed by atoms with Gasteiger partial charge in [-0.15, -0.1) is 0 Å². The molecule has 0 spiro atoms. The van der Waals surface area contributed by atoms with E-state index < -0.39 is 0 Å². The van der Waals surface area contributed by atoms with Gasteiger partial charge in [0, 0.05) is 60.4 Å². The molecule has 11 aromatic rings. The normalized spacial score (nSPS) is 11.2. The highest BCUT2D eigenvalue weighted by Crippen LogP contribution is 2.22. The highest BCUT2D eigenvalue weighted by Gasteiger charge is 2.18. The Kier molecular flexibility index (Phi) is 12.5. The molecule has 0 saturated carbocycles. The summed E-state index contributed by atoms with van der Waals surface area (Å²) in [7, 11) is 0. The van der Waals surface area contributed by atoms with Gasteiger partial charge in [-0.25, -0.2) is 9.97 Å². The van der Waals surface area contributed by atoms with Crippen molar-refractivity contribution >= 4 is 60.9 Å². The van der Waals surface area contributed by atoms with E-state index in [1.54, 1.807) is 98.2 Å². The number of nitrogens with one attached hydrogen (secondary N) is 6. The van der Waals surface area contributed by atoms with Gasteiger partial charge in [0.15, 0.2) is 11.5 Å². The minimum atomic E-state index is -0.167. The van der Waals surface area contributed by atoms with Crippen molar-refractivity contribution in [2.45, 2.75) is 13.5 Å². The Balaban J connectivity index is 0.000000113. The van der Waals surface area contributed by atoms with E-state index in [4.69, 9.17) is 35.1 Å². The molecule has 12 N–H and O–H groups in total. The summed E-state index contributed by atoms with van der Waals surface area (Å²) in [6, 6.07) is 31.2. The largest absolute Gasteiger partial charge is 0.508 e. The molecule has 318 valence electrons. The lowest BCUT2D eigenvalue weighted by atomic mass is 10.1. The van der Waals surface area contributed by atoms with Crippen LogP contribution in [0.3, 0.4) is 0 Å². The van der Waals surface area contributed by atoms with Crippen molar-refractivity contribution in [2.24, 2.45) is 0 Å². The first-order valence-electron chi connectivity index (χ1n) is 18.8. The number of aryl methyl sites for hydroxylation is 1. The van der Waals surface area contributed by atoms with Gasteiger partial charge in [-0.05, 0) is 96.6 Å². The topological polar surface area (TPSA) is 311 Å². The summed E-state index contributed by atoms with van der Waals surface area (Å²) in [5.41, 5.74) is 7.63. The Bertz CT molecular complexity index is 3190. The van der Waals surface area contributed by atoms with Gasteiger partial charge in [0.25, 0.3) is 11.5 Å². The van der Waals surface area contributed by atoms with Gasteiger partial charge in [-0.1, -0.05) is 0 Å². The molecule has 12 rings (SSSR count). The van der Waals surface area contributed by atoms with E-state index in [0.29, 0.717) is 45.8 Å². The summed E-state index contributed by atoms with van der Waals surface area (Å²) in [4.78, 5) is 35.9. The molecule has 0 unspecified atom stereocenters. The Morgan fingerprint density at radius 1 is 0.571 bits per heavy atom. The third-order valence-electron chi connectivity index (χ3n) is 9.05. The van der Waals surface area contributed by atoms with Crippen molar-refractivity contribution in [1.82, 2.24) is 50.9 Å². The zero-order valence-electron chi connectivity index (χ0n) is 33.0. The summed E-state index contributed by atoms with van der Waals surface area (Å²) in [5, 5.41) is 73.5. The molecule has 63 heavy (non-hydrogen) atoms. The molecule has 6 aromatic carbocycles. The number of fused-ring (bicyclic) bond motifs is 6. The van der Waals surface area contributed by atoms with Gasteiger partial charge in [0.1, 0.15) is 51.0 Å². The molecule has 5 aromatic heterocycles. The Labute approximate surface area is 354 Å². The number of carbonyl (C=O) groups excluding carboxylic acids is 1. The van der Waals surface area contributed by atoms with E-state index >= 15 is 0 Å².